The Hall–Kier alpha value is -1.97. The predicted molar refractivity (Wildman–Crippen MR) is 50.6 cm³/mol. The molecule has 0 amide bonds. The highest BCUT2D eigenvalue weighted by atomic mass is 16.1. The summed E-state index contributed by atoms with van der Waals surface area (Å²) in [4.78, 5) is 13.5. The molecule has 0 saturated carbocycles. The first-order valence-corrected chi connectivity index (χ1v) is 3.90. The summed E-state index contributed by atoms with van der Waals surface area (Å²) in [7, 11) is 0. The van der Waals surface area contributed by atoms with Crippen molar-refractivity contribution in [2.75, 3.05) is 5.84 Å². The van der Waals surface area contributed by atoms with Crippen LogP contribution in [0.2, 0.25) is 0 Å². The minimum Gasteiger partial charge on any atom is -0.335 e. The van der Waals surface area contributed by atoms with E-state index in [-0.39, 0.29) is 5.69 Å². The van der Waals surface area contributed by atoms with Gasteiger partial charge in [-0.3, -0.25) is 0 Å². The molecular formula is C9H9N3O. The number of imidazole rings is 1. The van der Waals surface area contributed by atoms with Gasteiger partial charge in [-0.05, 0) is 0 Å². The molecule has 4 heteroatoms. The van der Waals surface area contributed by atoms with E-state index in [9.17, 15) is 4.79 Å². The standard InChI is InChI=1S/C9H9N3O/c10-12-8(6-11-9(12)13)7-4-2-1-3-5-7/h1-6H,10H2,(H,11,13). The molecule has 0 atom stereocenters. The molecule has 0 saturated heterocycles. The summed E-state index contributed by atoms with van der Waals surface area (Å²) in [5.41, 5.74) is 1.30. The Balaban J connectivity index is 2.60. The van der Waals surface area contributed by atoms with Crippen LogP contribution < -0.4 is 11.5 Å². The normalized spacial score (nSPS) is 10.2. The molecule has 2 aromatic rings. The first kappa shape index (κ1) is 7.67. The Kier molecular flexibility index (Phi) is 1.66. The van der Waals surface area contributed by atoms with Gasteiger partial charge in [0.05, 0.1) is 5.69 Å². The lowest BCUT2D eigenvalue weighted by Crippen LogP contribution is -2.24. The van der Waals surface area contributed by atoms with Gasteiger partial charge in [0.2, 0.25) is 0 Å². The fraction of sp³-hybridized carbons (Fsp3) is 0. The number of H-pyrrole nitrogens is 1. The minimum absolute atomic E-state index is 0.307. The molecule has 0 aliphatic rings. The number of aromatic amines is 1. The molecule has 1 heterocycles. The van der Waals surface area contributed by atoms with Gasteiger partial charge in [-0.2, -0.15) is 0 Å². The van der Waals surface area contributed by atoms with Crippen LogP contribution in [0.5, 0.6) is 0 Å². The Morgan fingerprint density at radius 3 is 2.46 bits per heavy atom. The van der Waals surface area contributed by atoms with Gasteiger partial charge < -0.3 is 10.8 Å². The Labute approximate surface area is 74.6 Å². The number of rotatable bonds is 1. The number of nitrogens with one attached hydrogen (secondary N) is 1. The summed E-state index contributed by atoms with van der Waals surface area (Å²) in [5.74, 6) is 5.51. The van der Waals surface area contributed by atoms with Crippen molar-refractivity contribution in [3.8, 4) is 11.3 Å². The lowest BCUT2D eigenvalue weighted by Gasteiger charge is -1.99. The zero-order valence-corrected chi connectivity index (χ0v) is 6.90. The van der Waals surface area contributed by atoms with Crippen LogP contribution in [0.3, 0.4) is 0 Å². The third-order valence-corrected chi connectivity index (χ3v) is 1.88. The van der Waals surface area contributed by atoms with Crippen LogP contribution in [0.1, 0.15) is 0 Å². The number of aromatic nitrogens is 2. The van der Waals surface area contributed by atoms with Crippen molar-refractivity contribution < 1.29 is 0 Å². The van der Waals surface area contributed by atoms with Crippen LogP contribution in [0.4, 0.5) is 0 Å². The third-order valence-electron chi connectivity index (χ3n) is 1.88. The van der Waals surface area contributed by atoms with Gasteiger partial charge in [0.25, 0.3) is 0 Å². The number of hydrogen-bond acceptors (Lipinski definition) is 2. The maximum Gasteiger partial charge on any atom is 0.344 e. The second-order valence-electron chi connectivity index (χ2n) is 2.72. The van der Waals surface area contributed by atoms with E-state index >= 15 is 0 Å². The second-order valence-corrected chi connectivity index (χ2v) is 2.72. The fourth-order valence-electron chi connectivity index (χ4n) is 1.21. The van der Waals surface area contributed by atoms with Crippen molar-refractivity contribution in [3.05, 3.63) is 47.0 Å². The highest BCUT2D eigenvalue weighted by Crippen LogP contribution is 2.14. The molecule has 1 aromatic carbocycles. The van der Waals surface area contributed by atoms with Crippen LogP contribution >= 0.6 is 0 Å². The van der Waals surface area contributed by atoms with Gasteiger partial charge in [-0.25, -0.2) is 9.47 Å². The van der Waals surface area contributed by atoms with Crippen molar-refractivity contribution >= 4 is 0 Å². The summed E-state index contributed by atoms with van der Waals surface area (Å²) in [6, 6.07) is 9.49. The van der Waals surface area contributed by atoms with E-state index in [1.807, 2.05) is 30.3 Å². The van der Waals surface area contributed by atoms with Gasteiger partial charge >= 0.3 is 5.69 Å². The van der Waals surface area contributed by atoms with Crippen molar-refractivity contribution in [1.82, 2.24) is 9.66 Å². The molecule has 13 heavy (non-hydrogen) atoms. The first-order chi connectivity index (χ1) is 6.29. The maximum atomic E-state index is 11.0. The Morgan fingerprint density at radius 1 is 1.23 bits per heavy atom. The molecule has 1 aromatic heterocycles. The average Bonchev–Trinajstić information content (AvgIpc) is 2.49. The van der Waals surface area contributed by atoms with Gasteiger partial charge in [-0.1, -0.05) is 30.3 Å². The monoisotopic (exact) mass is 175 g/mol. The third kappa shape index (κ3) is 1.22. The predicted octanol–water partition coefficient (Wildman–Crippen LogP) is 0.557. The molecule has 0 fully saturated rings. The van der Waals surface area contributed by atoms with Gasteiger partial charge in [0, 0.05) is 11.8 Å². The van der Waals surface area contributed by atoms with Crippen LogP contribution in [0, 0.1) is 0 Å². The largest absolute Gasteiger partial charge is 0.344 e. The molecule has 0 radical (unpaired) electrons. The topological polar surface area (TPSA) is 63.8 Å². The van der Waals surface area contributed by atoms with Gasteiger partial charge in [0.1, 0.15) is 0 Å². The molecule has 3 N–H and O–H groups in total. The van der Waals surface area contributed by atoms with Crippen molar-refractivity contribution in [3.63, 3.8) is 0 Å². The maximum absolute atomic E-state index is 11.0. The zero-order chi connectivity index (χ0) is 9.26. The number of nitrogens with two attached hydrogens (primary N) is 1. The smallest absolute Gasteiger partial charge is 0.335 e. The molecule has 2 rings (SSSR count). The van der Waals surface area contributed by atoms with Crippen LogP contribution in [0.25, 0.3) is 11.3 Å². The van der Waals surface area contributed by atoms with E-state index in [4.69, 9.17) is 5.84 Å². The second kappa shape index (κ2) is 2.82. The average molecular weight is 175 g/mol. The van der Waals surface area contributed by atoms with Crippen LogP contribution in [-0.2, 0) is 0 Å². The Morgan fingerprint density at radius 2 is 1.92 bits per heavy atom. The highest BCUT2D eigenvalue weighted by molar-refractivity contribution is 5.58. The summed E-state index contributed by atoms with van der Waals surface area (Å²) >= 11 is 0. The molecule has 0 spiro atoms. The van der Waals surface area contributed by atoms with Crippen molar-refractivity contribution in [2.45, 2.75) is 0 Å². The fourth-order valence-corrected chi connectivity index (χ4v) is 1.21. The molecule has 0 aliphatic heterocycles. The Bertz CT molecular complexity index is 455. The van der Waals surface area contributed by atoms with E-state index < -0.39 is 0 Å². The summed E-state index contributed by atoms with van der Waals surface area (Å²) in [5, 5.41) is 0. The lowest BCUT2D eigenvalue weighted by atomic mass is 10.2. The number of benzene rings is 1. The van der Waals surface area contributed by atoms with E-state index in [1.54, 1.807) is 6.20 Å². The summed E-state index contributed by atoms with van der Waals surface area (Å²) in [6.07, 6.45) is 1.59. The molecule has 66 valence electrons. The van der Waals surface area contributed by atoms with Crippen molar-refractivity contribution in [2.24, 2.45) is 0 Å². The number of nitrogen functional groups attached to an aromatic ring is 1. The molecule has 0 aliphatic carbocycles. The first-order valence-electron chi connectivity index (χ1n) is 3.90. The van der Waals surface area contributed by atoms with E-state index in [2.05, 4.69) is 4.98 Å². The lowest BCUT2D eigenvalue weighted by molar-refractivity contribution is 0.943. The summed E-state index contributed by atoms with van der Waals surface area (Å²) in [6.45, 7) is 0. The van der Waals surface area contributed by atoms with Crippen LogP contribution in [-0.4, -0.2) is 9.66 Å². The SMILES string of the molecule is Nn1c(-c2ccccc2)c[nH]c1=O. The molecular weight excluding hydrogens is 166 g/mol. The zero-order valence-electron chi connectivity index (χ0n) is 6.90. The van der Waals surface area contributed by atoms with E-state index in [1.165, 1.54) is 0 Å². The van der Waals surface area contributed by atoms with Crippen molar-refractivity contribution in [1.29, 1.82) is 0 Å². The van der Waals surface area contributed by atoms with E-state index in [0.29, 0.717) is 5.69 Å². The van der Waals surface area contributed by atoms with Gasteiger partial charge in [-0.15, -0.1) is 0 Å². The number of nitrogens with zero attached hydrogens (tertiary/aromatic N) is 1. The molecule has 0 bridgehead atoms. The van der Waals surface area contributed by atoms with Crippen LogP contribution in [0.15, 0.2) is 41.3 Å². The minimum atomic E-state index is -0.307. The van der Waals surface area contributed by atoms with Gasteiger partial charge in [0.15, 0.2) is 0 Å². The molecule has 4 nitrogen and oxygen atoms in total. The quantitative estimate of drug-likeness (QED) is 0.622. The molecule has 0 unspecified atom stereocenters. The number of hydrogen-bond donors (Lipinski definition) is 2. The van der Waals surface area contributed by atoms with E-state index in [0.717, 1.165) is 10.2 Å². The highest BCUT2D eigenvalue weighted by Gasteiger charge is 2.03. The summed E-state index contributed by atoms with van der Waals surface area (Å²) < 4.78 is 1.09.